The standard InChI is InChI=1S/C18H25F/c1-3-4-15-5-7-16(8-6-15)13-14(2)17-9-11-18(19)12-10-17/h9-13,15-16H,3-8H2,1-2H3. The number of halogens is 1. The Hall–Kier alpha value is -1.11. The third-order valence-corrected chi connectivity index (χ3v) is 4.37. The van der Waals surface area contributed by atoms with Gasteiger partial charge in [-0.3, -0.25) is 0 Å². The Labute approximate surface area is 116 Å². The molecule has 0 heterocycles. The molecule has 0 atom stereocenters. The Bertz CT molecular complexity index is 408. The largest absolute Gasteiger partial charge is 0.207 e. The molecule has 0 aliphatic heterocycles. The third-order valence-electron chi connectivity index (χ3n) is 4.37. The fourth-order valence-electron chi connectivity index (χ4n) is 3.21. The summed E-state index contributed by atoms with van der Waals surface area (Å²) >= 11 is 0. The summed E-state index contributed by atoms with van der Waals surface area (Å²) < 4.78 is 12.9. The van der Waals surface area contributed by atoms with Gasteiger partial charge in [-0.25, -0.2) is 4.39 Å². The normalized spacial score (nSPS) is 24.5. The molecule has 1 aliphatic rings. The maximum atomic E-state index is 12.9. The number of hydrogen-bond acceptors (Lipinski definition) is 0. The first-order chi connectivity index (χ1) is 9.19. The minimum Gasteiger partial charge on any atom is -0.207 e. The first-order valence-electron chi connectivity index (χ1n) is 7.63. The summed E-state index contributed by atoms with van der Waals surface area (Å²) in [6, 6.07) is 6.85. The van der Waals surface area contributed by atoms with Crippen molar-refractivity contribution in [3.8, 4) is 0 Å². The lowest BCUT2D eigenvalue weighted by Gasteiger charge is -2.27. The van der Waals surface area contributed by atoms with Crippen LogP contribution in [0.15, 0.2) is 30.3 Å². The van der Waals surface area contributed by atoms with E-state index in [0.29, 0.717) is 0 Å². The second kappa shape index (κ2) is 6.88. The molecule has 1 aliphatic carbocycles. The third kappa shape index (κ3) is 4.19. The van der Waals surface area contributed by atoms with Crippen LogP contribution in [0.25, 0.3) is 5.57 Å². The first kappa shape index (κ1) is 14.3. The quantitative estimate of drug-likeness (QED) is 0.638. The van der Waals surface area contributed by atoms with E-state index in [1.165, 1.54) is 44.1 Å². The Morgan fingerprint density at radius 2 is 1.79 bits per heavy atom. The Kier molecular flexibility index (Phi) is 5.18. The zero-order valence-corrected chi connectivity index (χ0v) is 12.2. The molecule has 0 spiro atoms. The zero-order valence-electron chi connectivity index (χ0n) is 12.2. The topological polar surface area (TPSA) is 0 Å². The lowest BCUT2D eigenvalue weighted by atomic mass is 9.79. The van der Waals surface area contributed by atoms with Gasteiger partial charge < -0.3 is 0 Å². The highest BCUT2D eigenvalue weighted by Crippen LogP contribution is 2.33. The van der Waals surface area contributed by atoms with E-state index in [1.54, 1.807) is 12.1 Å². The van der Waals surface area contributed by atoms with Gasteiger partial charge in [0, 0.05) is 0 Å². The van der Waals surface area contributed by atoms with Gasteiger partial charge in [-0.2, -0.15) is 0 Å². The summed E-state index contributed by atoms with van der Waals surface area (Å²) in [7, 11) is 0. The molecule has 0 bridgehead atoms. The van der Waals surface area contributed by atoms with Gasteiger partial charge in [-0.15, -0.1) is 0 Å². The fraction of sp³-hybridized carbons (Fsp3) is 0.556. The SMILES string of the molecule is CCCC1CCC(C=C(C)c2ccc(F)cc2)CC1. The minimum absolute atomic E-state index is 0.156. The highest BCUT2D eigenvalue weighted by atomic mass is 19.1. The molecule has 0 aromatic heterocycles. The molecule has 104 valence electrons. The van der Waals surface area contributed by atoms with Gasteiger partial charge in [0.25, 0.3) is 0 Å². The Balaban J connectivity index is 1.93. The number of hydrogen-bond donors (Lipinski definition) is 0. The van der Waals surface area contributed by atoms with Crippen LogP contribution in [0, 0.1) is 17.7 Å². The molecular formula is C18H25F. The lowest BCUT2D eigenvalue weighted by Crippen LogP contribution is -2.13. The summed E-state index contributed by atoms with van der Waals surface area (Å²) in [4.78, 5) is 0. The van der Waals surface area contributed by atoms with Crippen LogP contribution in [-0.2, 0) is 0 Å². The molecule has 0 nitrogen and oxygen atoms in total. The molecule has 0 amide bonds. The van der Waals surface area contributed by atoms with E-state index in [0.717, 1.165) is 17.4 Å². The predicted molar refractivity (Wildman–Crippen MR) is 80.4 cm³/mol. The number of allylic oxidation sites excluding steroid dienone is 2. The second-order valence-corrected chi connectivity index (χ2v) is 5.93. The van der Waals surface area contributed by atoms with Gasteiger partial charge in [0.15, 0.2) is 0 Å². The van der Waals surface area contributed by atoms with Crippen molar-refractivity contribution in [3.63, 3.8) is 0 Å². The highest BCUT2D eigenvalue weighted by molar-refractivity contribution is 5.63. The summed E-state index contributed by atoms with van der Waals surface area (Å²) in [5.74, 6) is 1.52. The van der Waals surface area contributed by atoms with E-state index in [9.17, 15) is 4.39 Å². The van der Waals surface area contributed by atoms with E-state index >= 15 is 0 Å². The average Bonchev–Trinajstić information content (AvgIpc) is 2.42. The van der Waals surface area contributed by atoms with Crippen molar-refractivity contribution < 1.29 is 4.39 Å². The molecule has 1 aromatic carbocycles. The molecule has 0 radical (unpaired) electrons. The van der Waals surface area contributed by atoms with Crippen LogP contribution in [0.5, 0.6) is 0 Å². The molecule has 19 heavy (non-hydrogen) atoms. The summed E-state index contributed by atoms with van der Waals surface area (Å²) in [6.07, 6.45) is 10.5. The molecule has 0 N–H and O–H groups in total. The van der Waals surface area contributed by atoms with Crippen molar-refractivity contribution in [1.82, 2.24) is 0 Å². The van der Waals surface area contributed by atoms with Gasteiger partial charge in [0.1, 0.15) is 5.82 Å². The summed E-state index contributed by atoms with van der Waals surface area (Å²) in [5, 5.41) is 0. The molecule has 1 aromatic rings. The van der Waals surface area contributed by atoms with Crippen molar-refractivity contribution in [3.05, 3.63) is 41.7 Å². The van der Waals surface area contributed by atoms with Crippen LogP contribution >= 0.6 is 0 Å². The summed E-state index contributed by atoms with van der Waals surface area (Å²) in [5.41, 5.74) is 2.44. The molecule has 1 saturated carbocycles. The van der Waals surface area contributed by atoms with Crippen molar-refractivity contribution in [2.24, 2.45) is 11.8 Å². The zero-order chi connectivity index (χ0) is 13.7. The molecule has 1 heteroatoms. The minimum atomic E-state index is -0.156. The Morgan fingerprint density at radius 1 is 1.16 bits per heavy atom. The van der Waals surface area contributed by atoms with Crippen LogP contribution < -0.4 is 0 Å². The molecular weight excluding hydrogens is 235 g/mol. The van der Waals surface area contributed by atoms with Crippen LogP contribution in [0.1, 0.15) is 57.9 Å². The van der Waals surface area contributed by atoms with Crippen LogP contribution in [0.4, 0.5) is 4.39 Å². The second-order valence-electron chi connectivity index (χ2n) is 5.93. The van der Waals surface area contributed by atoms with Gasteiger partial charge >= 0.3 is 0 Å². The van der Waals surface area contributed by atoms with Crippen LogP contribution in [0.2, 0.25) is 0 Å². The van der Waals surface area contributed by atoms with Crippen molar-refractivity contribution in [2.45, 2.75) is 52.4 Å². The molecule has 0 saturated heterocycles. The lowest BCUT2D eigenvalue weighted by molar-refractivity contribution is 0.294. The number of benzene rings is 1. The van der Waals surface area contributed by atoms with Gasteiger partial charge in [0.05, 0.1) is 0 Å². The maximum Gasteiger partial charge on any atom is 0.123 e. The first-order valence-corrected chi connectivity index (χ1v) is 7.63. The summed E-state index contributed by atoms with van der Waals surface area (Å²) in [6.45, 7) is 4.43. The molecule has 0 unspecified atom stereocenters. The van der Waals surface area contributed by atoms with Gasteiger partial charge in [0.2, 0.25) is 0 Å². The smallest absolute Gasteiger partial charge is 0.123 e. The van der Waals surface area contributed by atoms with Crippen LogP contribution in [-0.4, -0.2) is 0 Å². The van der Waals surface area contributed by atoms with E-state index in [1.807, 2.05) is 12.1 Å². The molecule has 1 fully saturated rings. The Morgan fingerprint density at radius 3 is 2.37 bits per heavy atom. The van der Waals surface area contributed by atoms with E-state index in [4.69, 9.17) is 0 Å². The van der Waals surface area contributed by atoms with Crippen molar-refractivity contribution >= 4 is 5.57 Å². The van der Waals surface area contributed by atoms with Crippen LogP contribution in [0.3, 0.4) is 0 Å². The van der Waals surface area contributed by atoms with E-state index < -0.39 is 0 Å². The van der Waals surface area contributed by atoms with Gasteiger partial charge in [-0.05, 0) is 67.7 Å². The maximum absolute atomic E-state index is 12.9. The van der Waals surface area contributed by atoms with Crippen molar-refractivity contribution in [2.75, 3.05) is 0 Å². The van der Waals surface area contributed by atoms with Crippen molar-refractivity contribution in [1.29, 1.82) is 0 Å². The number of rotatable bonds is 4. The average molecular weight is 260 g/mol. The highest BCUT2D eigenvalue weighted by Gasteiger charge is 2.19. The van der Waals surface area contributed by atoms with E-state index in [-0.39, 0.29) is 5.82 Å². The predicted octanol–water partition coefficient (Wildman–Crippen LogP) is 5.84. The van der Waals surface area contributed by atoms with Gasteiger partial charge in [-0.1, -0.05) is 38.0 Å². The fourth-order valence-corrected chi connectivity index (χ4v) is 3.21. The van der Waals surface area contributed by atoms with E-state index in [2.05, 4.69) is 19.9 Å². The molecule has 2 rings (SSSR count). The monoisotopic (exact) mass is 260 g/mol.